The van der Waals surface area contributed by atoms with Gasteiger partial charge in [-0.1, -0.05) is 12.1 Å². The van der Waals surface area contributed by atoms with Crippen LogP contribution in [0.4, 0.5) is 19.2 Å². The van der Waals surface area contributed by atoms with Gasteiger partial charge >= 0.3 is 12.2 Å². The minimum absolute atomic E-state index is 0.161. The van der Waals surface area contributed by atoms with Crippen molar-refractivity contribution in [2.45, 2.75) is 19.0 Å². The molecule has 6 nitrogen and oxygen atoms in total. The lowest BCUT2D eigenvalue weighted by atomic mass is 10.2. The van der Waals surface area contributed by atoms with Crippen molar-refractivity contribution in [3.63, 3.8) is 0 Å². The van der Waals surface area contributed by atoms with Crippen LogP contribution >= 0.6 is 0 Å². The van der Waals surface area contributed by atoms with Crippen molar-refractivity contribution in [2.75, 3.05) is 12.0 Å². The molecule has 0 aliphatic carbocycles. The largest absolute Gasteiger partial charge is 0.494 e. The molecule has 0 aliphatic heterocycles. The summed E-state index contributed by atoms with van der Waals surface area (Å²) in [4.78, 5) is 15.9. The quantitative estimate of drug-likeness (QED) is 0.476. The zero-order valence-corrected chi connectivity index (χ0v) is 14.0. The number of nitrogens with one attached hydrogen (secondary N) is 2. The Kier molecular flexibility index (Phi) is 5.49. The third-order valence-electron chi connectivity index (χ3n) is 3.60. The number of hydrogen-bond acceptors (Lipinski definition) is 5. The summed E-state index contributed by atoms with van der Waals surface area (Å²) >= 11 is 0. The maximum Gasteiger partial charge on any atom is 0.416 e. The van der Waals surface area contributed by atoms with E-state index in [1.165, 1.54) is 12.1 Å². The van der Waals surface area contributed by atoms with Crippen molar-refractivity contribution in [3.05, 3.63) is 54.1 Å². The number of rotatable bonds is 7. The summed E-state index contributed by atoms with van der Waals surface area (Å²) in [6.07, 6.45) is -3.83. The number of benzene rings is 2. The molecule has 2 N–H and O–H groups in total. The number of carbonyl (C=O) groups excluding carboxylic acids is 1. The van der Waals surface area contributed by atoms with Crippen LogP contribution in [0.5, 0.6) is 5.75 Å². The molecule has 0 saturated heterocycles. The van der Waals surface area contributed by atoms with Crippen molar-refractivity contribution >= 4 is 23.0 Å². The molecular weight excluding hydrogens is 363 g/mol. The summed E-state index contributed by atoms with van der Waals surface area (Å²) in [5.74, 6) is 0.0151. The molecule has 1 heterocycles. The first-order chi connectivity index (χ1) is 12.9. The first-order valence-corrected chi connectivity index (χ1v) is 8.12. The molecule has 2 aromatic carbocycles. The summed E-state index contributed by atoms with van der Waals surface area (Å²) in [5.41, 5.74) is 5.57. The number of ether oxygens (including phenoxy) is 1. The molecule has 0 fully saturated rings. The molecule has 1 amide bonds. The number of hydrogen-bond donors (Lipinski definition) is 2. The molecule has 0 radical (unpaired) electrons. The SMILES string of the molecule is O=C(CCCOc1ccc(C(F)(F)F)cc1)NNc1nc2ccccc2o1. The first kappa shape index (κ1) is 18.6. The van der Waals surface area contributed by atoms with E-state index in [9.17, 15) is 18.0 Å². The van der Waals surface area contributed by atoms with Crippen LogP contribution in [0.25, 0.3) is 11.1 Å². The zero-order chi connectivity index (χ0) is 19.3. The number of anilines is 1. The topological polar surface area (TPSA) is 76.4 Å². The molecule has 0 aliphatic rings. The molecule has 27 heavy (non-hydrogen) atoms. The maximum absolute atomic E-state index is 12.5. The van der Waals surface area contributed by atoms with Gasteiger partial charge in [0.25, 0.3) is 0 Å². The summed E-state index contributed by atoms with van der Waals surface area (Å²) in [6.45, 7) is 0.196. The second-order valence-electron chi connectivity index (χ2n) is 5.63. The van der Waals surface area contributed by atoms with Crippen LogP contribution in [0.1, 0.15) is 18.4 Å². The normalized spacial score (nSPS) is 11.4. The van der Waals surface area contributed by atoms with Gasteiger partial charge in [-0.25, -0.2) is 0 Å². The standard InChI is InChI=1S/C18H16F3N3O3/c19-18(20,21)12-7-9-13(10-8-12)26-11-3-6-16(25)23-24-17-22-14-4-1-2-5-15(14)27-17/h1-2,4-5,7-10H,3,6,11H2,(H,22,24)(H,23,25). The first-order valence-electron chi connectivity index (χ1n) is 8.12. The van der Waals surface area contributed by atoms with Gasteiger partial charge in [-0.15, -0.1) is 0 Å². The number of oxazole rings is 1. The fraction of sp³-hybridized carbons (Fsp3) is 0.222. The highest BCUT2D eigenvalue weighted by Crippen LogP contribution is 2.30. The Morgan fingerprint density at radius 2 is 1.85 bits per heavy atom. The van der Waals surface area contributed by atoms with Crippen LogP contribution in [0.2, 0.25) is 0 Å². The van der Waals surface area contributed by atoms with E-state index < -0.39 is 11.7 Å². The number of hydrazine groups is 1. The molecule has 142 valence electrons. The second-order valence-corrected chi connectivity index (χ2v) is 5.63. The minimum atomic E-state index is -4.38. The number of para-hydroxylation sites is 2. The highest BCUT2D eigenvalue weighted by atomic mass is 19.4. The van der Waals surface area contributed by atoms with E-state index in [-0.39, 0.29) is 24.9 Å². The summed E-state index contributed by atoms with van der Waals surface area (Å²) < 4.78 is 48.1. The predicted molar refractivity (Wildman–Crippen MR) is 91.9 cm³/mol. The van der Waals surface area contributed by atoms with Gasteiger partial charge in [0.1, 0.15) is 11.3 Å². The molecule has 9 heteroatoms. The number of halogens is 3. The van der Waals surface area contributed by atoms with E-state index in [1.807, 2.05) is 12.1 Å². The lowest BCUT2D eigenvalue weighted by Crippen LogP contribution is -2.29. The fourth-order valence-electron chi connectivity index (χ4n) is 2.27. The highest BCUT2D eigenvalue weighted by Gasteiger charge is 2.29. The zero-order valence-electron chi connectivity index (χ0n) is 14.0. The number of fused-ring (bicyclic) bond motifs is 1. The van der Waals surface area contributed by atoms with Gasteiger partial charge in [-0.3, -0.25) is 15.6 Å². The van der Waals surface area contributed by atoms with Crippen LogP contribution in [-0.4, -0.2) is 17.5 Å². The van der Waals surface area contributed by atoms with Crippen LogP contribution in [0, 0.1) is 0 Å². The Hall–Kier alpha value is -3.23. The number of alkyl halides is 3. The number of amides is 1. The molecule has 3 aromatic rings. The number of aromatic nitrogens is 1. The average Bonchev–Trinajstić information content (AvgIpc) is 3.06. The van der Waals surface area contributed by atoms with Gasteiger partial charge in [-0.2, -0.15) is 18.2 Å². The average molecular weight is 379 g/mol. The van der Waals surface area contributed by atoms with Crippen LogP contribution in [0.15, 0.2) is 52.9 Å². The van der Waals surface area contributed by atoms with Gasteiger partial charge < -0.3 is 9.15 Å². The lowest BCUT2D eigenvalue weighted by Gasteiger charge is -2.09. The number of carbonyl (C=O) groups is 1. The molecule has 0 saturated carbocycles. The fourth-order valence-corrected chi connectivity index (χ4v) is 2.27. The minimum Gasteiger partial charge on any atom is -0.494 e. The van der Waals surface area contributed by atoms with Crippen molar-refractivity contribution in [1.29, 1.82) is 0 Å². The molecular formula is C18H16F3N3O3. The molecule has 1 aromatic heterocycles. The van der Waals surface area contributed by atoms with Gasteiger partial charge in [0.15, 0.2) is 5.58 Å². The number of nitrogens with zero attached hydrogens (tertiary/aromatic N) is 1. The molecule has 3 rings (SSSR count). The second kappa shape index (κ2) is 7.98. The highest BCUT2D eigenvalue weighted by molar-refractivity contribution is 5.78. The van der Waals surface area contributed by atoms with Crippen molar-refractivity contribution in [3.8, 4) is 5.75 Å². The van der Waals surface area contributed by atoms with Crippen LogP contribution in [-0.2, 0) is 11.0 Å². The Morgan fingerprint density at radius 1 is 1.11 bits per heavy atom. The molecule has 0 spiro atoms. The molecule has 0 unspecified atom stereocenters. The van der Waals surface area contributed by atoms with Gasteiger partial charge in [-0.05, 0) is 42.8 Å². The van der Waals surface area contributed by atoms with Crippen molar-refractivity contribution in [2.24, 2.45) is 0 Å². The Bertz CT molecular complexity index is 874. The summed E-state index contributed by atoms with van der Waals surface area (Å²) in [5, 5.41) is 0. The Balaban J connectivity index is 1.37. The Labute approximate surface area is 152 Å². The summed E-state index contributed by atoms with van der Waals surface area (Å²) in [6, 6.07) is 11.7. The maximum atomic E-state index is 12.5. The molecule has 0 bridgehead atoms. The van der Waals surface area contributed by atoms with E-state index in [2.05, 4.69) is 15.8 Å². The summed E-state index contributed by atoms with van der Waals surface area (Å²) in [7, 11) is 0. The lowest BCUT2D eigenvalue weighted by molar-refractivity contribution is -0.137. The van der Waals surface area contributed by atoms with Crippen LogP contribution in [0.3, 0.4) is 0 Å². The van der Waals surface area contributed by atoms with E-state index in [1.54, 1.807) is 12.1 Å². The Morgan fingerprint density at radius 3 is 2.56 bits per heavy atom. The van der Waals surface area contributed by atoms with E-state index in [0.29, 0.717) is 23.3 Å². The van der Waals surface area contributed by atoms with Gasteiger partial charge in [0.05, 0.1) is 12.2 Å². The van der Waals surface area contributed by atoms with Gasteiger partial charge in [0.2, 0.25) is 5.91 Å². The molecule has 0 atom stereocenters. The third-order valence-corrected chi connectivity index (χ3v) is 3.60. The third kappa shape index (κ3) is 5.13. The van der Waals surface area contributed by atoms with E-state index in [0.717, 1.165) is 12.1 Å². The smallest absolute Gasteiger partial charge is 0.416 e. The van der Waals surface area contributed by atoms with E-state index >= 15 is 0 Å². The van der Waals surface area contributed by atoms with Crippen molar-refractivity contribution in [1.82, 2.24) is 10.4 Å². The van der Waals surface area contributed by atoms with Crippen LogP contribution < -0.4 is 15.6 Å². The van der Waals surface area contributed by atoms with E-state index in [4.69, 9.17) is 9.15 Å². The van der Waals surface area contributed by atoms with Crippen molar-refractivity contribution < 1.29 is 27.1 Å². The predicted octanol–water partition coefficient (Wildman–Crippen LogP) is 4.15. The van der Waals surface area contributed by atoms with Gasteiger partial charge in [0, 0.05) is 6.42 Å². The monoisotopic (exact) mass is 379 g/mol.